The number of fused-ring (bicyclic) bond motifs is 1. The fourth-order valence-corrected chi connectivity index (χ4v) is 3.02. The molecule has 2 aromatic carbocycles. The summed E-state index contributed by atoms with van der Waals surface area (Å²) >= 11 is 0. The molecule has 1 aliphatic rings. The summed E-state index contributed by atoms with van der Waals surface area (Å²) in [5.41, 5.74) is 1.54. The average Bonchev–Trinajstić information content (AvgIpc) is 2.69. The van der Waals surface area contributed by atoms with Gasteiger partial charge in [0.05, 0.1) is 11.0 Å². The normalized spacial score (nSPS) is 18.3. The van der Waals surface area contributed by atoms with Crippen LogP contribution < -0.4 is 9.47 Å². The summed E-state index contributed by atoms with van der Waals surface area (Å²) in [5, 5.41) is 21.2. The molecule has 0 saturated carbocycles. The quantitative estimate of drug-likeness (QED) is 0.547. The Hall–Kier alpha value is -3.45. The van der Waals surface area contributed by atoms with Crippen LogP contribution in [-0.2, 0) is 0 Å². The van der Waals surface area contributed by atoms with E-state index in [1.54, 1.807) is 18.2 Å². The first-order valence-electron chi connectivity index (χ1n) is 8.42. The molecule has 0 bridgehead atoms. The summed E-state index contributed by atoms with van der Waals surface area (Å²) in [7, 11) is 0. The van der Waals surface area contributed by atoms with Gasteiger partial charge in [0.1, 0.15) is 23.8 Å². The second kappa shape index (κ2) is 7.05. The molecule has 0 radical (unpaired) electrons. The number of aliphatic hydroxyl groups is 1. The van der Waals surface area contributed by atoms with Crippen molar-refractivity contribution in [3.05, 3.63) is 88.1 Å². The smallest absolute Gasteiger partial charge is 0.287 e. The Bertz CT molecular complexity index is 960. The number of aliphatic hydroxyl groups excluding tert-OH is 1. The number of benzene rings is 2. The van der Waals surface area contributed by atoms with Gasteiger partial charge in [-0.1, -0.05) is 30.3 Å². The average molecular weight is 364 g/mol. The van der Waals surface area contributed by atoms with Gasteiger partial charge in [0, 0.05) is 24.1 Å². The molecule has 0 saturated heterocycles. The Morgan fingerprint density at radius 1 is 1.15 bits per heavy atom. The van der Waals surface area contributed by atoms with E-state index < -0.39 is 11.0 Å². The van der Waals surface area contributed by atoms with Gasteiger partial charge in [0.25, 0.3) is 5.69 Å². The molecule has 1 aliphatic heterocycles. The Labute approximate surface area is 155 Å². The molecule has 4 rings (SSSR count). The van der Waals surface area contributed by atoms with Crippen LogP contribution in [0.25, 0.3) is 0 Å². The lowest BCUT2D eigenvalue weighted by Crippen LogP contribution is -2.19. The molecule has 1 aromatic heterocycles. The standard InChI is InChI=1S/C20H16N2O5/c23-17-11-19(13-4-2-1-3-5-13)27-18-8-7-15(10-16(17)18)26-20-9-6-14(12-21-20)22(24)25/h1-10,12,17,19,23H,11H2. The van der Waals surface area contributed by atoms with Gasteiger partial charge in [-0.2, -0.15) is 0 Å². The van der Waals surface area contributed by atoms with Crippen molar-refractivity contribution in [1.82, 2.24) is 4.98 Å². The van der Waals surface area contributed by atoms with E-state index >= 15 is 0 Å². The van der Waals surface area contributed by atoms with Crippen LogP contribution in [0.5, 0.6) is 17.4 Å². The fourth-order valence-electron chi connectivity index (χ4n) is 3.02. The van der Waals surface area contributed by atoms with Crippen LogP contribution in [0, 0.1) is 10.1 Å². The van der Waals surface area contributed by atoms with E-state index in [-0.39, 0.29) is 17.7 Å². The van der Waals surface area contributed by atoms with E-state index in [4.69, 9.17) is 9.47 Å². The van der Waals surface area contributed by atoms with Crippen LogP contribution in [0.3, 0.4) is 0 Å². The molecule has 0 aliphatic carbocycles. The Morgan fingerprint density at radius 3 is 2.67 bits per heavy atom. The van der Waals surface area contributed by atoms with Gasteiger partial charge >= 0.3 is 0 Å². The minimum Gasteiger partial charge on any atom is -0.485 e. The largest absolute Gasteiger partial charge is 0.485 e. The number of ether oxygens (including phenoxy) is 2. The molecule has 0 spiro atoms. The van der Waals surface area contributed by atoms with Crippen LogP contribution in [0.2, 0.25) is 0 Å². The Kier molecular flexibility index (Phi) is 4.43. The highest BCUT2D eigenvalue weighted by molar-refractivity contribution is 5.45. The minimum atomic E-state index is -0.688. The van der Waals surface area contributed by atoms with Crippen molar-refractivity contribution in [3.8, 4) is 17.4 Å². The summed E-state index contributed by atoms with van der Waals surface area (Å²) in [6.07, 6.45) is 0.677. The molecule has 7 heteroatoms. The zero-order chi connectivity index (χ0) is 18.8. The molecule has 1 N–H and O–H groups in total. The van der Waals surface area contributed by atoms with Gasteiger partial charge in [0.2, 0.25) is 5.88 Å². The highest BCUT2D eigenvalue weighted by Crippen LogP contribution is 2.42. The van der Waals surface area contributed by atoms with Crippen molar-refractivity contribution in [2.24, 2.45) is 0 Å². The molecule has 2 heterocycles. The zero-order valence-electron chi connectivity index (χ0n) is 14.2. The fraction of sp³-hybridized carbons (Fsp3) is 0.150. The van der Waals surface area contributed by atoms with Crippen LogP contribution in [0.15, 0.2) is 66.9 Å². The Balaban J connectivity index is 1.54. The lowest BCUT2D eigenvalue weighted by atomic mass is 9.95. The second-order valence-electron chi connectivity index (χ2n) is 6.18. The summed E-state index contributed by atoms with van der Waals surface area (Å²) in [6.45, 7) is 0. The molecule has 2 atom stereocenters. The number of aromatic nitrogens is 1. The van der Waals surface area contributed by atoms with E-state index in [2.05, 4.69) is 4.98 Å². The van der Waals surface area contributed by atoms with Crippen molar-refractivity contribution in [1.29, 1.82) is 0 Å². The van der Waals surface area contributed by atoms with Gasteiger partial charge in [-0.15, -0.1) is 0 Å². The van der Waals surface area contributed by atoms with Gasteiger partial charge in [0.15, 0.2) is 0 Å². The third kappa shape index (κ3) is 3.58. The molecule has 0 amide bonds. The molecule has 0 fully saturated rings. The highest BCUT2D eigenvalue weighted by atomic mass is 16.6. The number of nitrogens with zero attached hydrogens (tertiary/aromatic N) is 2. The second-order valence-corrected chi connectivity index (χ2v) is 6.18. The van der Waals surface area contributed by atoms with E-state index in [0.717, 1.165) is 11.8 Å². The maximum atomic E-state index is 10.7. The first-order valence-corrected chi connectivity index (χ1v) is 8.42. The summed E-state index contributed by atoms with van der Waals surface area (Å²) < 4.78 is 11.7. The molecule has 136 valence electrons. The SMILES string of the molecule is O=[N+]([O-])c1ccc(Oc2ccc3c(c2)C(O)CC(c2ccccc2)O3)nc1. The van der Waals surface area contributed by atoms with Gasteiger partial charge in [-0.05, 0) is 23.8 Å². The van der Waals surface area contributed by atoms with E-state index in [1.807, 2.05) is 30.3 Å². The monoisotopic (exact) mass is 364 g/mol. The highest BCUT2D eigenvalue weighted by Gasteiger charge is 2.28. The number of hydrogen-bond donors (Lipinski definition) is 1. The Morgan fingerprint density at radius 2 is 1.96 bits per heavy atom. The molecule has 7 nitrogen and oxygen atoms in total. The first-order chi connectivity index (χ1) is 13.1. The first kappa shape index (κ1) is 17.0. The topological polar surface area (TPSA) is 94.7 Å². The van der Waals surface area contributed by atoms with E-state index in [0.29, 0.717) is 23.5 Å². The van der Waals surface area contributed by atoms with Crippen molar-refractivity contribution in [3.63, 3.8) is 0 Å². The predicted octanol–water partition coefficient (Wildman–Crippen LogP) is 4.34. The van der Waals surface area contributed by atoms with Crippen molar-refractivity contribution >= 4 is 5.69 Å². The number of nitro groups is 1. The molecule has 3 aromatic rings. The number of hydrogen-bond acceptors (Lipinski definition) is 6. The number of rotatable bonds is 4. The predicted molar refractivity (Wildman–Crippen MR) is 96.8 cm³/mol. The molecule has 2 unspecified atom stereocenters. The van der Waals surface area contributed by atoms with Crippen LogP contribution in [-0.4, -0.2) is 15.0 Å². The summed E-state index contributed by atoms with van der Waals surface area (Å²) in [4.78, 5) is 14.1. The van der Waals surface area contributed by atoms with Crippen molar-refractivity contribution in [2.45, 2.75) is 18.6 Å². The van der Waals surface area contributed by atoms with E-state index in [9.17, 15) is 15.2 Å². The van der Waals surface area contributed by atoms with E-state index in [1.165, 1.54) is 12.1 Å². The van der Waals surface area contributed by atoms with Gasteiger partial charge in [-0.3, -0.25) is 10.1 Å². The summed E-state index contributed by atoms with van der Waals surface area (Å²) in [5.74, 6) is 1.30. The van der Waals surface area contributed by atoms with Gasteiger partial charge < -0.3 is 14.6 Å². The maximum absolute atomic E-state index is 10.7. The minimum absolute atomic E-state index is 0.108. The third-order valence-corrected chi connectivity index (χ3v) is 4.37. The number of pyridine rings is 1. The lowest BCUT2D eigenvalue weighted by Gasteiger charge is -2.30. The molecular formula is C20H16N2O5. The van der Waals surface area contributed by atoms with Crippen molar-refractivity contribution < 1.29 is 19.5 Å². The molecule has 27 heavy (non-hydrogen) atoms. The van der Waals surface area contributed by atoms with Crippen molar-refractivity contribution in [2.75, 3.05) is 0 Å². The molecular weight excluding hydrogens is 348 g/mol. The zero-order valence-corrected chi connectivity index (χ0v) is 14.2. The van der Waals surface area contributed by atoms with Gasteiger partial charge in [-0.25, -0.2) is 4.98 Å². The summed E-state index contributed by atoms with van der Waals surface area (Å²) in [6, 6.07) is 17.7. The van der Waals surface area contributed by atoms with Crippen LogP contribution in [0.4, 0.5) is 5.69 Å². The van der Waals surface area contributed by atoms with Crippen LogP contribution >= 0.6 is 0 Å². The lowest BCUT2D eigenvalue weighted by molar-refractivity contribution is -0.385. The van der Waals surface area contributed by atoms with Crippen LogP contribution in [0.1, 0.15) is 29.8 Å². The third-order valence-electron chi connectivity index (χ3n) is 4.37. The maximum Gasteiger partial charge on any atom is 0.287 e.